The first-order valence-electron chi connectivity index (χ1n) is 4.05. The fraction of sp³-hybridized carbons (Fsp3) is 0.300. The lowest BCUT2D eigenvalue weighted by Crippen LogP contribution is -2.32. The SMILES string of the molecule is CC(=O)CC(N)(Cl)c1ccccc1. The number of hydrogen-bond donors (Lipinski definition) is 1. The van der Waals surface area contributed by atoms with Crippen molar-refractivity contribution in [2.75, 3.05) is 0 Å². The van der Waals surface area contributed by atoms with Crippen molar-refractivity contribution in [1.29, 1.82) is 0 Å². The number of Topliss-reactive ketones (excluding diaryl/α,β-unsaturated/α-hetero) is 1. The highest BCUT2D eigenvalue weighted by Gasteiger charge is 2.25. The summed E-state index contributed by atoms with van der Waals surface area (Å²) in [4.78, 5) is 9.81. The minimum absolute atomic E-state index is 0.0126. The molecule has 0 amide bonds. The monoisotopic (exact) mass is 197 g/mol. The second-order valence-electron chi connectivity index (χ2n) is 3.11. The lowest BCUT2D eigenvalue weighted by Gasteiger charge is -2.20. The topological polar surface area (TPSA) is 43.1 Å². The molecule has 0 bridgehead atoms. The van der Waals surface area contributed by atoms with Crippen LogP contribution in [0.2, 0.25) is 0 Å². The minimum Gasteiger partial charge on any atom is -0.309 e. The molecule has 0 aliphatic heterocycles. The van der Waals surface area contributed by atoms with Crippen LogP contribution in [-0.2, 0) is 9.79 Å². The molecule has 0 saturated heterocycles. The van der Waals surface area contributed by atoms with Crippen molar-refractivity contribution in [2.45, 2.75) is 18.3 Å². The third kappa shape index (κ3) is 2.83. The van der Waals surface area contributed by atoms with Gasteiger partial charge in [0.05, 0.1) is 0 Å². The van der Waals surface area contributed by atoms with E-state index in [2.05, 4.69) is 0 Å². The Balaban J connectivity index is 2.87. The molecular weight excluding hydrogens is 186 g/mol. The summed E-state index contributed by atoms with van der Waals surface area (Å²) in [6, 6.07) is 9.20. The van der Waals surface area contributed by atoms with Crippen LogP contribution >= 0.6 is 11.6 Å². The highest BCUT2D eigenvalue weighted by atomic mass is 35.5. The van der Waals surface area contributed by atoms with Crippen molar-refractivity contribution < 1.29 is 4.79 Å². The van der Waals surface area contributed by atoms with E-state index >= 15 is 0 Å². The number of nitrogens with two attached hydrogens (primary N) is 1. The Morgan fingerprint density at radius 2 is 2.00 bits per heavy atom. The number of alkyl halides is 1. The average molecular weight is 198 g/mol. The maximum Gasteiger partial charge on any atom is 0.133 e. The van der Waals surface area contributed by atoms with Crippen LogP contribution < -0.4 is 5.73 Å². The van der Waals surface area contributed by atoms with Gasteiger partial charge in [-0.15, -0.1) is 0 Å². The van der Waals surface area contributed by atoms with Crippen LogP contribution in [0.25, 0.3) is 0 Å². The number of benzene rings is 1. The standard InChI is InChI=1S/C10H12ClNO/c1-8(13)7-10(11,12)9-5-3-2-4-6-9/h2-6H,7,12H2,1H3. The smallest absolute Gasteiger partial charge is 0.133 e. The Bertz CT molecular complexity index is 295. The van der Waals surface area contributed by atoms with Gasteiger partial charge in [-0.3, -0.25) is 4.79 Å². The first kappa shape index (κ1) is 10.2. The fourth-order valence-electron chi connectivity index (χ4n) is 1.18. The Kier molecular flexibility index (Phi) is 3.07. The van der Waals surface area contributed by atoms with E-state index in [-0.39, 0.29) is 12.2 Å². The summed E-state index contributed by atoms with van der Waals surface area (Å²) in [6.45, 7) is 1.48. The molecule has 3 heteroatoms. The van der Waals surface area contributed by atoms with E-state index in [4.69, 9.17) is 17.3 Å². The average Bonchev–Trinajstić information content (AvgIpc) is 2.04. The number of hydrogen-bond acceptors (Lipinski definition) is 2. The molecule has 0 aliphatic rings. The summed E-state index contributed by atoms with van der Waals surface area (Å²) >= 11 is 6.01. The van der Waals surface area contributed by atoms with Gasteiger partial charge in [0.2, 0.25) is 0 Å². The van der Waals surface area contributed by atoms with Crippen LogP contribution in [-0.4, -0.2) is 5.78 Å². The van der Waals surface area contributed by atoms with Crippen LogP contribution in [0.5, 0.6) is 0 Å². The summed E-state index contributed by atoms with van der Waals surface area (Å²) in [5, 5.41) is 0. The van der Waals surface area contributed by atoms with Crippen LogP contribution in [0.3, 0.4) is 0 Å². The number of ketones is 1. The van der Waals surface area contributed by atoms with Gasteiger partial charge in [-0.2, -0.15) is 0 Å². The third-order valence-electron chi connectivity index (χ3n) is 1.76. The number of carbonyl (C=O) groups excluding carboxylic acids is 1. The molecule has 0 heterocycles. The van der Waals surface area contributed by atoms with E-state index in [0.29, 0.717) is 0 Å². The molecule has 0 saturated carbocycles. The Morgan fingerprint density at radius 1 is 1.46 bits per heavy atom. The van der Waals surface area contributed by atoms with E-state index < -0.39 is 5.00 Å². The molecule has 13 heavy (non-hydrogen) atoms. The van der Waals surface area contributed by atoms with Gasteiger partial charge in [0, 0.05) is 6.42 Å². The van der Waals surface area contributed by atoms with Gasteiger partial charge in [-0.05, 0) is 12.5 Å². The van der Waals surface area contributed by atoms with Crippen LogP contribution in [0.1, 0.15) is 18.9 Å². The quantitative estimate of drug-likeness (QED) is 0.595. The molecule has 70 valence electrons. The normalized spacial score (nSPS) is 15.0. The van der Waals surface area contributed by atoms with Crippen molar-refractivity contribution in [2.24, 2.45) is 5.73 Å². The summed E-state index contributed by atoms with van der Waals surface area (Å²) in [5.74, 6) is -0.0126. The maximum absolute atomic E-state index is 10.9. The summed E-state index contributed by atoms with van der Waals surface area (Å²) in [7, 11) is 0. The number of rotatable bonds is 3. The minimum atomic E-state index is -1.06. The van der Waals surface area contributed by atoms with Gasteiger partial charge in [0.1, 0.15) is 10.8 Å². The summed E-state index contributed by atoms with van der Waals surface area (Å²) < 4.78 is 0. The predicted octanol–water partition coefficient (Wildman–Crippen LogP) is 2.02. The van der Waals surface area contributed by atoms with E-state index in [1.165, 1.54) is 6.92 Å². The Morgan fingerprint density at radius 3 is 2.46 bits per heavy atom. The summed E-state index contributed by atoms with van der Waals surface area (Å²) in [6.07, 6.45) is 0.151. The fourth-order valence-corrected chi connectivity index (χ4v) is 1.49. The Labute approximate surface area is 82.7 Å². The number of halogens is 1. The maximum atomic E-state index is 10.9. The largest absolute Gasteiger partial charge is 0.309 e. The molecule has 0 radical (unpaired) electrons. The third-order valence-corrected chi connectivity index (χ3v) is 2.11. The molecule has 1 rings (SSSR count). The molecule has 2 N–H and O–H groups in total. The number of carbonyl (C=O) groups is 1. The molecule has 0 spiro atoms. The van der Waals surface area contributed by atoms with Crippen LogP contribution in [0.4, 0.5) is 0 Å². The van der Waals surface area contributed by atoms with Crippen LogP contribution in [0, 0.1) is 0 Å². The first-order valence-corrected chi connectivity index (χ1v) is 4.43. The highest BCUT2D eigenvalue weighted by Crippen LogP contribution is 2.26. The molecule has 1 aromatic carbocycles. The van der Waals surface area contributed by atoms with E-state index in [9.17, 15) is 4.79 Å². The van der Waals surface area contributed by atoms with Gasteiger partial charge < -0.3 is 5.73 Å². The van der Waals surface area contributed by atoms with Crippen molar-refractivity contribution >= 4 is 17.4 Å². The zero-order chi connectivity index (χ0) is 9.90. The summed E-state index contributed by atoms with van der Waals surface area (Å²) in [5.41, 5.74) is 6.55. The van der Waals surface area contributed by atoms with Gasteiger partial charge in [0.25, 0.3) is 0 Å². The van der Waals surface area contributed by atoms with Gasteiger partial charge >= 0.3 is 0 Å². The van der Waals surface area contributed by atoms with E-state index in [1.54, 1.807) is 0 Å². The lowest BCUT2D eigenvalue weighted by molar-refractivity contribution is -0.117. The molecule has 1 atom stereocenters. The molecular formula is C10H12ClNO. The van der Waals surface area contributed by atoms with E-state index in [1.807, 2.05) is 30.3 Å². The van der Waals surface area contributed by atoms with Gasteiger partial charge in [-0.25, -0.2) is 0 Å². The van der Waals surface area contributed by atoms with Crippen molar-refractivity contribution in [1.82, 2.24) is 0 Å². The second-order valence-corrected chi connectivity index (χ2v) is 3.78. The van der Waals surface area contributed by atoms with Crippen molar-refractivity contribution in [3.63, 3.8) is 0 Å². The zero-order valence-electron chi connectivity index (χ0n) is 7.46. The highest BCUT2D eigenvalue weighted by molar-refractivity contribution is 6.24. The molecule has 2 nitrogen and oxygen atoms in total. The molecule has 1 unspecified atom stereocenters. The Hall–Kier alpha value is -0.860. The second kappa shape index (κ2) is 3.90. The molecule has 0 aliphatic carbocycles. The molecule has 1 aromatic rings. The van der Waals surface area contributed by atoms with Crippen LogP contribution in [0.15, 0.2) is 30.3 Å². The van der Waals surface area contributed by atoms with Crippen molar-refractivity contribution in [3.8, 4) is 0 Å². The lowest BCUT2D eigenvalue weighted by atomic mass is 10.0. The molecule has 0 aromatic heterocycles. The van der Waals surface area contributed by atoms with E-state index in [0.717, 1.165) is 5.56 Å². The van der Waals surface area contributed by atoms with Gasteiger partial charge in [-0.1, -0.05) is 41.9 Å². The zero-order valence-corrected chi connectivity index (χ0v) is 8.21. The predicted molar refractivity (Wildman–Crippen MR) is 53.5 cm³/mol. The van der Waals surface area contributed by atoms with Crippen molar-refractivity contribution in [3.05, 3.63) is 35.9 Å². The molecule has 0 fully saturated rings. The first-order chi connectivity index (χ1) is 6.02. The van der Waals surface area contributed by atoms with Gasteiger partial charge in [0.15, 0.2) is 0 Å².